The highest BCUT2D eigenvalue weighted by molar-refractivity contribution is 7.99. The molecule has 0 radical (unpaired) electrons. The summed E-state index contributed by atoms with van der Waals surface area (Å²) in [4.78, 5) is 24.0. The van der Waals surface area contributed by atoms with Crippen molar-refractivity contribution in [3.63, 3.8) is 0 Å². The van der Waals surface area contributed by atoms with Gasteiger partial charge < -0.3 is 9.74 Å². The van der Waals surface area contributed by atoms with Crippen molar-refractivity contribution < 1.29 is 9.63 Å². The van der Waals surface area contributed by atoms with Gasteiger partial charge in [-0.25, -0.2) is 4.98 Å². The Balaban J connectivity index is 1.40. The van der Waals surface area contributed by atoms with E-state index in [2.05, 4.69) is 24.0 Å². The third kappa shape index (κ3) is 5.46. The Morgan fingerprint density at radius 2 is 2.11 bits per heavy atom. The summed E-state index contributed by atoms with van der Waals surface area (Å²) in [6, 6.07) is 15.7. The molecule has 1 aliphatic rings. The second-order valence-corrected chi connectivity index (χ2v) is 7.71. The Morgan fingerprint density at radius 1 is 1.30 bits per heavy atom. The fourth-order valence-corrected chi connectivity index (χ4v) is 3.77. The van der Waals surface area contributed by atoms with Crippen molar-refractivity contribution in [1.82, 2.24) is 14.9 Å². The molecule has 1 unspecified atom stereocenters. The van der Waals surface area contributed by atoms with E-state index < -0.39 is 0 Å². The van der Waals surface area contributed by atoms with Gasteiger partial charge in [0.05, 0.1) is 12.1 Å². The lowest BCUT2D eigenvalue weighted by Gasteiger charge is -2.18. The van der Waals surface area contributed by atoms with Gasteiger partial charge in [0, 0.05) is 36.2 Å². The SMILES string of the molecule is CC(SCCC(=O)N1CCN(Oc2ccc(C#N)cn2)C1)c1ccccc1. The summed E-state index contributed by atoms with van der Waals surface area (Å²) in [6.07, 6.45) is 1.99. The summed E-state index contributed by atoms with van der Waals surface area (Å²) in [5.74, 6) is 1.36. The van der Waals surface area contributed by atoms with Crippen LogP contribution < -0.4 is 4.84 Å². The Labute approximate surface area is 163 Å². The number of hydrogen-bond donors (Lipinski definition) is 0. The predicted molar refractivity (Wildman–Crippen MR) is 105 cm³/mol. The fraction of sp³-hybridized carbons (Fsp3) is 0.350. The van der Waals surface area contributed by atoms with Crippen molar-refractivity contribution in [2.45, 2.75) is 18.6 Å². The molecule has 0 N–H and O–H groups in total. The van der Waals surface area contributed by atoms with E-state index in [0.717, 1.165) is 5.75 Å². The largest absolute Gasteiger partial charge is 0.384 e. The molecular weight excluding hydrogens is 360 g/mol. The summed E-state index contributed by atoms with van der Waals surface area (Å²) in [7, 11) is 0. The van der Waals surface area contributed by atoms with Crippen LogP contribution in [0.5, 0.6) is 5.88 Å². The molecule has 0 spiro atoms. The lowest BCUT2D eigenvalue weighted by molar-refractivity contribution is -0.133. The summed E-state index contributed by atoms with van der Waals surface area (Å²) in [5, 5.41) is 10.9. The highest BCUT2D eigenvalue weighted by atomic mass is 32.2. The lowest BCUT2D eigenvalue weighted by Crippen LogP contribution is -2.32. The number of nitrogens with zero attached hydrogens (tertiary/aromatic N) is 4. The standard InChI is InChI=1S/C20H22N4O2S/c1-16(18-5-3-2-4-6-18)27-12-9-20(25)23-10-11-24(15-23)26-19-8-7-17(13-21)14-22-19/h2-8,14,16H,9-12,15H2,1H3. The van der Waals surface area contributed by atoms with Gasteiger partial charge in [0.2, 0.25) is 11.8 Å². The first kappa shape index (κ1) is 19.2. The highest BCUT2D eigenvalue weighted by Crippen LogP contribution is 2.28. The van der Waals surface area contributed by atoms with Crippen LogP contribution >= 0.6 is 11.8 Å². The van der Waals surface area contributed by atoms with Crippen LogP contribution in [0, 0.1) is 11.3 Å². The Hall–Kier alpha value is -2.56. The second kappa shape index (κ2) is 9.40. The van der Waals surface area contributed by atoms with Gasteiger partial charge in [0.25, 0.3) is 0 Å². The number of benzene rings is 1. The Morgan fingerprint density at radius 3 is 2.81 bits per heavy atom. The first-order valence-electron chi connectivity index (χ1n) is 8.89. The number of hydroxylamine groups is 2. The number of carbonyl (C=O) groups is 1. The average Bonchev–Trinajstić information content (AvgIpc) is 3.17. The third-order valence-electron chi connectivity index (χ3n) is 4.34. The minimum Gasteiger partial charge on any atom is -0.384 e. The molecule has 0 aliphatic carbocycles. The van der Waals surface area contributed by atoms with E-state index in [9.17, 15) is 4.79 Å². The average molecular weight is 382 g/mol. The molecular formula is C20H22N4O2S. The summed E-state index contributed by atoms with van der Waals surface area (Å²) in [5.41, 5.74) is 1.77. The molecule has 1 fully saturated rings. The van der Waals surface area contributed by atoms with E-state index in [1.165, 1.54) is 11.8 Å². The maximum Gasteiger partial charge on any atom is 0.238 e. The van der Waals surface area contributed by atoms with Gasteiger partial charge in [-0.3, -0.25) is 4.79 Å². The van der Waals surface area contributed by atoms with Crippen molar-refractivity contribution in [1.29, 1.82) is 5.26 Å². The minimum atomic E-state index is 0.140. The van der Waals surface area contributed by atoms with E-state index in [0.29, 0.717) is 42.9 Å². The topological polar surface area (TPSA) is 69.5 Å². The molecule has 27 heavy (non-hydrogen) atoms. The van der Waals surface area contributed by atoms with Crippen molar-refractivity contribution in [3.05, 3.63) is 59.8 Å². The van der Waals surface area contributed by atoms with E-state index >= 15 is 0 Å². The molecule has 1 amide bonds. The molecule has 6 nitrogen and oxygen atoms in total. The number of carbonyl (C=O) groups excluding carboxylic acids is 1. The van der Waals surface area contributed by atoms with E-state index in [-0.39, 0.29) is 5.91 Å². The Bertz CT molecular complexity index is 792. The van der Waals surface area contributed by atoms with Crippen molar-refractivity contribution in [2.75, 3.05) is 25.5 Å². The molecule has 140 valence electrons. The van der Waals surface area contributed by atoms with Gasteiger partial charge in [0.15, 0.2) is 0 Å². The lowest BCUT2D eigenvalue weighted by atomic mass is 10.2. The number of rotatable bonds is 7. The van der Waals surface area contributed by atoms with Crippen LogP contribution in [0.15, 0.2) is 48.7 Å². The summed E-state index contributed by atoms with van der Waals surface area (Å²) >= 11 is 1.79. The number of pyridine rings is 1. The molecule has 0 bridgehead atoms. The molecule has 1 aliphatic heterocycles. The van der Waals surface area contributed by atoms with Crippen LogP contribution in [0.25, 0.3) is 0 Å². The molecule has 1 saturated heterocycles. The first-order chi connectivity index (χ1) is 13.2. The van der Waals surface area contributed by atoms with E-state index in [1.54, 1.807) is 33.9 Å². The van der Waals surface area contributed by atoms with Gasteiger partial charge in [-0.1, -0.05) is 30.3 Å². The van der Waals surface area contributed by atoms with Crippen molar-refractivity contribution in [3.8, 4) is 11.9 Å². The highest BCUT2D eigenvalue weighted by Gasteiger charge is 2.25. The van der Waals surface area contributed by atoms with Gasteiger partial charge in [-0.15, -0.1) is 5.06 Å². The number of nitriles is 1. The van der Waals surface area contributed by atoms with Gasteiger partial charge in [-0.2, -0.15) is 17.0 Å². The summed E-state index contributed by atoms with van der Waals surface area (Å²) in [6.45, 7) is 3.88. The number of thioether (sulfide) groups is 1. The number of amides is 1. The van der Waals surface area contributed by atoms with E-state index in [4.69, 9.17) is 10.1 Å². The molecule has 7 heteroatoms. The smallest absolute Gasteiger partial charge is 0.238 e. The second-order valence-electron chi connectivity index (χ2n) is 6.27. The summed E-state index contributed by atoms with van der Waals surface area (Å²) < 4.78 is 0. The van der Waals surface area contributed by atoms with Crippen LogP contribution in [0.2, 0.25) is 0 Å². The quantitative estimate of drug-likeness (QED) is 0.732. The van der Waals surface area contributed by atoms with Crippen LogP contribution in [-0.4, -0.2) is 46.4 Å². The first-order valence-corrected chi connectivity index (χ1v) is 9.94. The third-order valence-corrected chi connectivity index (χ3v) is 5.55. The van der Waals surface area contributed by atoms with Crippen LogP contribution in [0.1, 0.15) is 29.7 Å². The van der Waals surface area contributed by atoms with Crippen molar-refractivity contribution in [2.24, 2.45) is 0 Å². The molecule has 1 atom stereocenters. The van der Waals surface area contributed by atoms with Crippen LogP contribution in [0.3, 0.4) is 0 Å². The minimum absolute atomic E-state index is 0.140. The Kier molecular flexibility index (Phi) is 6.69. The molecule has 2 heterocycles. The number of hydrogen-bond acceptors (Lipinski definition) is 6. The maximum atomic E-state index is 12.4. The van der Waals surface area contributed by atoms with Gasteiger partial charge >= 0.3 is 0 Å². The van der Waals surface area contributed by atoms with Gasteiger partial charge in [0.1, 0.15) is 12.7 Å². The normalized spacial score (nSPS) is 15.3. The molecule has 1 aromatic carbocycles. The zero-order valence-corrected chi connectivity index (χ0v) is 16.1. The zero-order chi connectivity index (χ0) is 19.1. The molecule has 0 saturated carbocycles. The molecule has 1 aromatic heterocycles. The fourth-order valence-electron chi connectivity index (χ4n) is 2.78. The predicted octanol–water partition coefficient (Wildman–Crippen LogP) is 3.23. The van der Waals surface area contributed by atoms with Crippen molar-refractivity contribution >= 4 is 17.7 Å². The molecule has 3 rings (SSSR count). The zero-order valence-electron chi connectivity index (χ0n) is 15.2. The number of aromatic nitrogens is 1. The maximum absolute atomic E-state index is 12.4. The van der Waals surface area contributed by atoms with Crippen LogP contribution in [-0.2, 0) is 4.79 Å². The monoisotopic (exact) mass is 382 g/mol. The van der Waals surface area contributed by atoms with Gasteiger partial charge in [-0.05, 0) is 18.6 Å². The molecule has 2 aromatic rings. The van der Waals surface area contributed by atoms with Crippen LogP contribution in [0.4, 0.5) is 0 Å². The van der Waals surface area contributed by atoms with E-state index in [1.807, 2.05) is 24.3 Å².